The molecule has 3 nitrogen and oxygen atoms in total. The lowest BCUT2D eigenvalue weighted by molar-refractivity contribution is 0.673. The Hall–Kier alpha value is -1.85. The number of hydrogen-bond donors (Lipinski definition) is 0. The van der Waals surface area contributed by atoms with Gasteiger partial charge in [-0.25, -0.2) is 0 Å². The fourth-order valence-corrected chi connectivity index (χ4v) is 3.74. The molecule has 25 heavy (non-hydrogen) atoms. The van der Waals surface area contributed by atoms with E-state index in [2.05, 4.69) is 85.8 Å². The van der Waals surface area contributed by atoms with Crippen LogP contribution in [0.5, 0.6) is 0 Å². The Kier molecular flexibility index (Phi) is 6.48. The first-order valence-corrected chi connectivity index (χ1v) is 9.98. The zero-order valence-electron chi connectivity index (χ0n) is 13.9. The lowest BCUT2D eigenvalue weighted by Crippen LogP contribution is -2.05. The highest BCUT2D eigenvalue weighted by molar-refractivity contribution is 9.10. The van der Waals surface area contributed by atoms with Crippen LogP contribution >= 0.6 is 27.7 Å². The number of rotatable bonds is 8. The first kappa shape index (κ1) is 18.0. The quantitative estimate of drug-likeness (QED) is 0.370. The van der Waals surface area contributed by atoms with Crippen molar-refractivity contribution in [3.63, 3.8) is 0 Å². The standard InChI is InChI=1S/C20H20BrN3S/c1-2-14-24-19(13-10-16-6-4-3-5-7-16)22-23-20(24)25-15-17-8-11-18(21)12-9-17/h2-9,11-12H,1,10,13-15H2. The summed E-state index contributed by atoms with van der Waals surface area (Å²) in [7, 11) is 0. The van der Waals surface area contributed by atoms with E-state index in [1.54, 1.807) is 11.8 Å². The largest absolute Gasteiger partial charge is 0.302 e. The van der Waals surface area contributed by atoms with Gasteiger partial charge in [0, 0.05) is 23.2 Å². The smallest absolute Gasteiger partial charge is 0.191 e. The van der Waals surface area contributed by atoms with Crippen LogP contribution in [0.25, 0.3) is 0 Å². The van der Waals surface area contributed by atoms with Gasteiger partial charge in [-0.3, -0.25) is 0 Å². The first-order chi connectivity index (χ1) is 12.3. The molecule has 0 fully saturated rings. The second-order valence-electron chi connectivity index (χ2n) is 5.70. The Morgan fingerprint density at radius 3 is 2.44 bits per heavy atom. The molecule has 0 aliphatic carbocycles. The van der Waals surface area contributed by atoms with E-state index >= 15 is 0 Å². The van der Waals surface area contributed by atoms with E-state index in [-0.39, 0.29) is 0 Å². The summed E-state index contributed by atoms with van der Waals surface area (Å²) in [4.78, 5) is 0. The molecule has 2 aromatic carbocycles. The van der Waals surface area contributed by atoms with Crippen LogP contribution in [0.2, 0.25) is 0 Å². The van der Waals surface area contributed by atoms with Gasteiger partial charge in [0.1, 0.15) is 5.82 Å². The fraction of sp³-hybridized carbons (Fsp3) is 0.200. The Labute approximate surface area is 161 Å². The average Bonchev–Trinajstić information content (AvgIpc) is 3.03. The van der Waals surface area contributed by atoms with Crippen molar-refractivity contribution in [3.05, 3.63) is 88.7 Å². The van der Waals surface area contributed by atoms with Crippen molar-refractivity contribution in [2.24, 2.45) is 0 Å². The van der Waals surface area contributed by atoms with Gasteiger partial charge in [-0.15, -0.1) is 16.8 Å². The predicted octanol–water partition coefficient (Wildman–Crippen LogP) is 5.30. The number of halogens is 1. The van der Waals surface area contributed by atoms with Crippen LogP contribution in [0.4, 0.5) is 0 Å². The van der Waals surface area contributed by atoms with Crippen molar-refractivity contribution in [1.82, 2.24) is 14.8 Å². The van der Waals surface area contributed by atoms with Gasteiger partial charge in [0.2, 0.25) is 0 Å². The van der Waals surface area contributed by atoms with Crippen LogP contribution in [0.15, 0.2) is 76.9 Å². The molecule has 5 heteroatoms. The molecule has 0 spiro atoms. The number of nitrogens with zero attached hydrogens (tertiary/aromatic N) is 3. The molecule has 3 rings (SSSR count). The summed E-state index contributed by atoms with van der Waals surface area (Å²) >= 11 is 5.18. The van der Waals surface area contributed by atoms with Crippen LogP contribution < -0.4 is 0 Å². The normalized spacial score (nSPS) is 10.8. The summed E-state index contributed by atoms with van der Waals surface area (Å²) in [6.45, 7) is 4.61. The molecule has 0 aliphatic heterocycles. The molecule has 1 aromatic heterocycles. The number of hydrogen-bond acceptors (Lipinski definition) is 3. The van der Waals surface area contributed by atoms with Crippen molar-refractivity contribution in [1.29, 1.82) is 0 Å². The van der Waals surface area contributed by atoms with Crippen LogP contribution in [-0.2, 0) is 25.1 Å². The minimum atomic E-state index is 0.736. The summed E-state index contributed by atoms with van der Waals surface area (Å²) in [5.41, 5.74) is 2.59. The molecule has 0 atom stereocenters. The number of aryl methyl sites for hydroxylation is 2. The second-order valence-corrected chi connectivity index (χ2v) is 7.56. The first-order valence-electron chi connectivity index (χ1n) is 8.20. The van der Waals surface area contributed by atoms with E-state index in [4.69, 9.17) is 0 Å². The van der Waals surface area contributed by atoms with Crippen LogP contribution in [0.1, 0.15) is 17.0 Å². The van der Waals surface area contributed by atoms with Crippen molar-refractivity contribution in [2.45, 2.75) is 30.3 Å². The average molecular weight is 414 g/mol. The molecule has 128 valence electrons. The van der Waals surface area contributed by atoms with E-state index < -0.39 is 0 Å². The lowest BCUT2D eigenvalue weighted by Gasteiger charge is -2.08. The van der Waals surface area contributed by atoms with Gasteiger partial charge in [-0.1, -0.05) is 76.2 Å². The number of aromatic nitrogens is 3. The minimum absolute atomic E-state index is 0.736. The number of allylic oxidation sites excluding steroid dienone is 1. The summed E-state index contributed by atoms with van der Waals surface area (Å²) < 4.78 is 3.26. The zero-order valence-corrected chi connectivity index (χ0v) is 16.3. The fourth-order valence-electron chi connectivity index (χ4n) is 2.55. The van der Waals surface area contributed by atoms with Gasteiger partial charge in [-0.05, 0) is 29.7 Å². The van der Waals surface area contributed by atoms with Gasteiger partial charge < -0.3 is 4.57 Å². The van der Waals surface area contributed by atoms with Gasteiger partial charge in [0.05, 0.1) is 0 Å². The van der Waals surface area contributed by atoms with E-state index in [9.17, 15) is 0 Å². The molecule has 0 radical (unpaired) electrons. The van der Waals surface area contributed by atoms with Crippen molar-refractivity contribution in [2.75, 3.05) is 0 Å². The van der Waals surface area contributed by atoms with E-state index in [0.717, 1.165) is 40.6 Å². The molecule has 0 saturated heterocycles. The molecule has 0 bridgehead atoms. The van der Waals surface area contributed by atoms with E-state index in [0.29, 0.717) is 0 Å². The molecule has 0 unspecified atom stereocenters. The lowest BCUT2D eigenvalue weighted by atomic mass is 10.1. The Morgan fingerprint density at radius 2 is 1.72 bits per heavy atom. The molecule has 1 heterocycles. The molecule has 0 N–H and O–H groups in total. The molecule has 0 saturated carbocycles. The third kappa shape index (κ3) is 5.06. The van der Waals surface area contributed by atoms with Crippen LogP contribution in [0, 0.1) is 0 Å². The molecular formula is C20H20BrN3S. The van der Waals surface area contributed by atoms with Gasteiger partial charge >= 0.3 is 0 Å². The third-order valence-electron chi connectivity index (χ3n) is 3.87. The maximum Gasteiger partial charge on any atom is 0.191 e. The highest BCUT2D eigenvalue weighted by Crippen LogP contribution is 2.23. The monoisotopic (exact) mass is 413 g/mol. The highest BCUT2D eigenvalue weighted by Gasteiger charge is 2.12. The Bertz CT molecular complexity index is 813. The number of benzene rings is 2. The SMILES string of the molecule is C=CCn1c(CCc2ccccc2)nnc1SCc1ccc(Br)cc1. The minimum Gasteiger partial charge on any atom is -0.302 e. The maximum absolute atomic E-state index is 4.41. The summed E-state index contributed by atoms with van der Waals surface area (Å²) in [5, 5.41) is 9.76. The van der Waals surface area contributed by atoms with Crippen LogP contribution in [-0.4, -0.2) is 14.8 Å². The second kappa shape index (κ2) is 9.02. The van der Waals surface area contributed by atoms with E-state index in [1.165, 1.54) is 11.1 Å². The molecule has 0 amide bonds. The van der Waals surface area contributed by atoms with Crippen LogP contribution in [0.3, 0.4) is 0 Å². The van der Waals surface area contributed by atoms with Gasteiger partial charge in [0.25, 0.3) is 0 Å². The Balaban J connectivity index is 1.68. The predicted molar refractivity (Wildman–Crippen MR) is 108 cm³/mol. The summed E-state index contributed by atoms with van der Waals surface area (Å²) in [6.07, 6.45) is 3.75. The number of thioether (sulfide) groups is 1. The highest BCUT2D eigenvalue weighted by atomic mass is 79.9. The summed E-state index contributed by atoms with van der Waals surface area (Å²) in [5.74, 6) is 1.89. The molecule has 0 aliphatic rings. The Morgan fingerprint density at radius 1 is 0.960 bits per heavy atom. The topological polar surface area (TPSA) is 30.7 Å². The van der Waals surface area contributed by atoms with Crippen molar-refractivity contribution >= 4 is 27.7 Å². The van der Waals surface area contributed by atoms with Gasteiger partial charge in [0.15, 0.2) is 5.16 Å². The maximum atomic E-state index is 4.41. The third-order valence-corrected chi connectivity index (χ3v) is 5.43. The van der Waals surface area contributed by atoms with Gasteiger partial charge in [-0.2, -0.15) is 0 Å². The van der Waals surface area contributed by atoms with Crippen molar-refractivity contribution in [3.8, 4) is 0 Å². The van der Waals surface area contributed by atoms with E-state index in [1.807, 2.05) is 12.1 Å². The molecule has 3 aromatic rings. The molecular weight excluding hydrogens is 394 g/mol. The zero-order chi connectivity index (χ0) is 17.5. The summed E-state index contributed by atoms with van der Waals surface area (Å²) in [6, 6.07) is 18.9. The van der Waals surface area contributed by atoms with Crippen molar-refractivity contribution < 1.29 is 0 Å².